The maximum atomic E-state index is 13.6. The number of carbonyl (C=O) groups excluding carboxylic acids is 2. The fraction of sp³-hybridized carbons (Fsp3) is 0.750. The molecule has 0 saturated heterocycles. The van der Waals surface area contributed by atoms with E-state index < -0.39 is 46.8 Å². The Morgan fingerprint density at radius 1 is 0.500 bits per heavy atom. The average Bonchev–Trinajstić information content (AvgIpc) is 2.33. The molecule has 4 nitrogen and oxygen atoms in total. The van der Waals surface area contributed by atoms with Crippen molar-refractivity contribution in [2.75, 3.05) is 0 Å². The van der Waals surface area contributed by atoms with Gasteiger partial charge in [-0.15, -0.1) is 0 Å². The van der Waals surface area contributed by atoms with Gasteiger partial charge in [0, 0.05) is 0 Å². The standard InChI is InChI=1S/C8H4F10N2O2/c9-3(1(19)21)5(11,12)7(15,16)4(10,2(20)22)8(17,18)6(3,13)14/h(H2,19,21)(H2,20,22). The van der Waals surface area contributed by atoms with Crippen molar-refractivity contribution in [2.45, 2.75) is 35.0 Å². The van der Waals surface area contributed by atoms with Crippen molar-refractivity contribution in [3.8, 4) is 0 Å². The van der Waals surface area contributed by atoms with Crippen LogP contribution in [0, 0.1) is 0 Å². The van der Waals surface area contributed by atoms with Crippen LogP contribution in [0.2, 0.25) is 0 Å². The molecule has 22 heavy (non-hydrogen) atoms. The Hall–Kier alpha value is -1.76. The summed E-state index contributed by atoms with van der Waals surface area (Å²) in [5.74, 6) is -35.7. The fourth-order valence-electron chi connectivity index (χ4n) is 1.88. The molecular weight excluding hydrogens is 346 g/mol. The van der Waals surface area contributed by atoms with Gasteiger partial charge in [-0.1, -0.05) is 0 Å². The van der Waals surface area contributed by atoms with E-state index in [2.05, 4.69) is 11.5 Å². The third-order valence-corrected chi connectivity index (χ3v) is 3.20. The molecule has 1 aliphatic carbocycles. The molecule has 14 heteroatoms. The summed E-state index contributed by atoms with van der Waals surface area (Å²) >= 11 is 0. The van der Waals surface area contributed by atoms with E-state index in [0.717, 1.165) is 0 Å². The van der Waals surface area contributed by atoms with Gasteiger partial charge in [-0.3, -0.25) is 9.59 Å². The molecule has 1 aliphatic rings. The van der Waals surface area contributed by atoms with Gasteiger partial charge in [0.2, 0.25) is 0 Å². The van der Waals surface area contributed by atoms with E-state index in [-0.39, 0.29) is 0 Å². The Bertz CT molecular complexity index is 469. The lowest BCUT2D eigenvalue weighted by Crippen LogP contribution is -2.89. The summed E-state index contributed by atoms with van der Waals surface area (Å²) < 4.78 is 134. The van der Waals surface area contributed by atoms with Gasteiger partial charge in [-0.05, 0) is 0 Å². The predicted octanol–water partition coefficient (Wildman–Crippen LogP) is 0.928. The van der Waals surface area contributed by atoms with Crippen LogP contribution in [0.5, 0.6) is 0 Å². The third kappa shape index (κ3) is 1.31. The molecule has 4 N–H and O–H groups in total. The van der Waals surface area contributed by atoms with Gasteiger partial charge < -0.3 is 11.5 Å². The van der Waals surface area contributed by atoms with Gasteiger partial charge >= 0.3 is 35.0 Å². The van der Waals surface area contributed by atoms with Gasteiger partial charge in [0.25, 0.3) is 11.8 Å². The first-order chi connectivity index (χ1) is 9.39. The van der Waals surface area contributed by atoms with Crippen LogP contribution in [0.4, 0.5) is 43.9 Å². The predicted molar refractivity (Wildman–Crippen MR) is 45.9 cm³/mol. The molecule has 0 aromatic carbocycles. The SMILES string of the molecule is NC(=O)C1(F)C(F)(F)C(F)(F)C(F)(C(N)=O)C(F)(F)C1(F)F. The second-order valence-electron chi connectivity index (χ2n) is 4.34. The molecule has 0 aromatic heterocycles. The molecular formula is C8H4F10N2O2. The van der Waals surface area contributed by atoms with Crippen LogP contribution in [-0.2, 0) is 9.59 Å². The minimum absolute atomic E-state index is 3.62. The van der Waals surface area contributed by atoms with Crippen LogP contribution in [0.15, 0.2) is 0 Å². The molecule has 0 bridgehead atoms. The maximum absolute atomic E-state index is 13.6. The zero-order valence-electron chi connectivity index (χ0n) is 9.75. The summed E-state index contributed by atoms with van der Waals surface area (Å²) in [6.07, 6.45) is 0. The summed E-state index contributed by atoms with van der Waals surface area (Å²) in [4.78, 5) is 20.9. The van der Waals surface area contributed by atoms with E-state index in [9.17, 15) is 53.5 Å². The number of hydrogen-bond acceptors (Lipinski definition) is 2. The number of alkyl halides is 10. The quantitative estimate of drug-likeness (QED) is 0.726. The topological polar surface area (TPSA) is 86.2 Å². The number of primary amides is 2. The van der Waals surface area contributed by atoms with E-state index in [4.69, 9.17) is 0 Å². The first-order valence-electron chi connectivity index (χ1n) is 4.88. The second kappa shape index (κ2) is 3.95. The molecule has 0 unspecified atom stereocenters. The molecule has 1 rings (SSSR count). The lowest BCUT2D eigenvalue weighted by atomic mass is 9.66. The zero-order chi connectivity index (χ0) is 18.2. The summed E-state index contributed by atoms with van der Waals surface area (Å²) in [6, 6.07) is 0. The van der Waals surface area contributed by atoms with Gasteiger partial charge in [0.1, 0.15) is 0 Å². The van der Waals surface area contributed by atoms with Gasteiger partial charge in [0.05, 0.1) is 0 Å². The monoisotopic (exact) mass is 350 g/mol. The van der Waals surface area contributed by atoms with Crippen molar-refractivity contribution >= 4 is 11.8 Å². The molecule has 128 valence electrons. The molecule has 2 amide bonds. The highest BCUT2D eigenvalue weighted by molar-refractivity contribution is 5.92. The van der Waals surface area contributed by atoms with Gasteiger partial charge in [0.15, 0.2) is 0 Å². The number of amides is 2. The number of carbonyl (C=O) groups is 2. The minimum atomic E-state index is -7.12. The third-order valence-electron chi connectivity index (χ3n) is 3.20. The minimum Gasteiger partial charge on any atom is -0.366 e. The van der Waals surface area contributed by atoms with E-state index in [1.165, 1.54) is 0 Å². The summed E-state index contributed by atoms with van der Waals surface area (Å²) in [6.45, 7) is 0. The summed E-state index contributed by atoms with van der Waals surface area (Å²) in [5.41, 5.74) is -5.83. The summed E-state index contributed by atoms with van der Waals surface area (Å²) in [5, 5.41) is 0. The molecule has 0 radical (unpaired) electrons. The van der Waals surface area contributed by atoms with E-state index in [1.54, 1.807) is 0 Å². The van der Waals surface area contributed by atoms with Crippen molar-refractivity contribution in [1.29, 1.82) is 0 Å². The van der Waals surface area contributed by atoms with Crippen molar-refractivity contribution in [3.63, 3.8) is 0 Å². The molecule has 0 atom stereocenters. The highest BCUT2D eigenvalue weighted by Gasteiger charge is 3.03. The zero-order valence-corrected chi connectivity index (χ0v) is 9.75. The van der Waals surface area contributed by atoms with E-state index in [1.807, 2.05) is 0 Å². The smallest absolute Gasteiger partial charge is 0.362 e. The molecule has 0 heterocycles. The van der Waals surface area contributed by atoms with Crippen molar-refractivity contribution in [1.82, 2.24) is 0 Å². The maximum Gasteiger partial charge on any atom is 0.362 e. The largest absolute Gasteiger partial charge is 0.366 e. The average molecular weight is 350 g/mol. The lowest BCUT2D eigenvalue weighted by Gasteiger charge is -2.52. The highest BCUT2D eigenvalue weighted by atomic mass is 19.4. The van der Waals surface area contributed by atoms with E-state index >= 15 is 0 Å². The van der Waals surface area contributed by atoms with Crippen LogP contribution in [0.3, 0.4) is 0 Å². The Kier molecular flexibility index (Phi) is 3.29. The summed E-state index contributed by atoms with van der Waals surface area (Å²) in [7, 11) is 0. The number of hydrogen-bond donors (Lipinski definition) is 2. The van der Waals surface area contributed by atoms with Crippen molar-refractivity contribution < 1.29 is 53.5 Å². The first-order valence-corrected chi connectivity index (χ1v) is 4.88. The van der Waals surface area contributed by atoms with Crippen LogP contribution in [-0.4, -0.2) is 46.8 Å². The molecule has 0 aromatic rings. The van der Waals surface area contributed by atoms with Crippen LogP contribution in [0.25, 0.3) is 0 Å². The second-order valence-corrected chi connectivity index (χ2v) is 4.34. The van der Waals surface area contributed by atoms with Crippen molar-refractivity contribution in [2.24, 2.45) is 11.5 Å². The Morgan fingerprint density at radius 3 is 0.727 bits per heavy atom. The normalized spacial score (nSPS) is 38.3. The number of nitrogens with two attached hydrogens (primary N) is 2. The lowest BCUT2D eigenvalue weighted by molar-refractivity contribution is -0.439. The Morgan fingerprint density at radius 2 is 0.636 bits per heavy atom. The van der Waals surface area contributed by atoms with Crippen LogP contribution >= 0.6 is 0 Å². The van der Waals surface area contributed by atoms with Gasteiger partial charge in [-0.2, -0.15) is 35.1 Å². The Balaban J connectivity index is 4.02. The Labute approximate surface area is 113 Å². The van der Waals surface area contributed by atoms with Gasteiger partial charge in [-0.25, -0.2) is 8.78 Å². The fourth-order valence-corrected chi connectivity index (χ4v) is 1.88. The molecule has 0 aliphatic heterocycles. The molecule has 1 saturated carbocycles. The highest BCUT2D eigenvalue weighted by Crippen LogP contribution is 2.68. The van der Waals surface area contributed by atoms with E-state index in [0.29, 0.717) is 0 Å². The van der Waals surface area contributed by atoms with Crippen LogP contribution in [0.1, 0.15) is 0 Å². The molecule has 1 fully saturated rings. The molecule has 0 spiro atoms. The first kappa shape index (κ1) is 18.3. The van der Waals surface area contributed by atoms with Crippen molar-refractivity contribution in [3.05, 3.63) is 0 Å². The van der Waals surface area contributed by atoms with Crippen LogP contribution < -0.4 is 11.5 Å². The number of halogens is 10. The number of rotatable bonds is 2.